The van der Waals surface area contributed by atoms with Crippen LogP contribution in [0.4, 0.5) is 0 Å². The fourth-order valence-electron chi connectivity index (χ4n) is 6.47. The van der Waals surface area contributed by atoms with E-state index in [2.05, 4.69) is 20.8 Å². The molecule has 1 heterocycles. The highest BCUT2D eigenvalue weighted by Gasteiger charge is 2.81. The highest BCUT2D eigenvalue weighted by atomic mass is 16.7. The molecular formula is C22H34O5. The Balaban J connectivity index is 2.16. The molecule has 0 aromatic heterocycles. The summed E-state index contributed by atoms with van der Waals surface area (Å²) in [4.78, 5) is 25.1. The zero-order valence-corrected chi connectivity index (χ0v) is 17.8. The Morgan fingerprint density at radius 1 is 1.11 bits per heavy atom. The fourth-order valence-corrected chi connectivity index (χ4v) is 6.47. The van der Waals surface area contributed by atoms with Crippen molar-refractivity contribution in [3.8, 4) is 0 Å². The summed E-state index contributed by atoms with van der Waals surface area (Å²) in [7, 11) is 2.80. The monoisotopic (exact) mass is 378 g/mol. The first-order valence-corrected chi connectivity index (χ1v) is 10.1. The van der Waals surface area contributed by atoms with Gasteiger partial charge in [-0.05, 0) is 53.9 Å². The fraction of sp³-hybridized carbons (Fsp3) is 0.818. The molecule has 0 N–H and O–H groups in total. The minimum atomic E-state index is -1.02. The maximum absolute atomic E-state index is 12.8. The van der Waals surface area contributed by atoms with Crippen molar-refractivity contribution < 1.29 is 23.8 Å². The van der Waals surface area contributed by atoms with Gasteiger partial charge in [-0.3, -0.25) is 0 Å². The summed E-state index contributed by atoms with van der Waals surface area (Å²) in [6.07, 6.45) is 6.59. The van der Waals surface area contributed by atoms with Crippen molar-refractivity contribution in [3.63, 3.8) is 0 Å². The molecule has 0 bridgehead atoms. The van der Waals surface area contributed by atoms with Crippen LogP contribution in [-0.4, -0.2) is 37.4 Å². The number of carbonyl (C=O) groups is 2. The Bertz CT molecular complexity index is 678. The predicted octanol–water partition coefficient (Wildman–Crippen LogP) is 4.05. The summed E-state index contributed by atoms with van der Waals surface area (Å²) in [5.41, 5.74) is -0.855. The SMILES string of the molecule is COC(=O)/C=C1\C2(CC[C@H]3C(C)(C)CCC[C@]13C)OC2(C(=O)OC)C(C)C. The topological polar surface area (TPSA) is 65.1 Å². The zero-order valence-electron chi connectivity index (χ0n) is 17.8. The van der Waals surface area contributed by atoms with Gasteiger partial charge in [-0.2, -0.15) is 0 Å². The summed E-state index contributed by atoms with van der Waals surface area (Å²) in [5.74, 6) is -0.340. The molecule has 4 atom stereocenters. The molecule has 0 amide bonds. The van der Waals surface area contributed by atoms with E-state index in [1.807, 2.05) is 13.8 Å². The smallest absolute Gasteiger partial charge is 0.341 e. The number of esters is 2. The molecule has 1 spiro atoms. The lowest BCUT2D eigenvalue weighted by molar-refractivity contribution is -0.149. The molecule has 2 unspecified atom stereocenters. The van der Waals surface area contributed by atoms with Crippen LogP contribution in [0.25, 0.3) is 0 Å². The molecule has 5 nitrogen and oxygen atoms in total. The van der Waals surface area contributed by atoms with E-state index in [0.717, 1.165) is 31.3 Å². The van der Waals surface area contributed by atoms with Gasteiger partial charge in [-0.1, -0.05) is 41.0 Å². The van der Waals surface area contributed by atoms with Gasteiger partial charge in [0.05, 0.1) is 14.2 Å². The second-order valence-corrected chi connectivity index (χ2v) is 9.74. The molecule has 152 valence electrons. The minimum absolute atomic E-state index is 0.0530. The van der Waals surface area contributed by atoms with Crippen LogP contribution >= 0.6 is 0 Å². The van der Waals surface area contributed by atoms with Crippen LogP contribution in [0.2, 0.25) is 0 Å². The van der Waals surface area contributed by atoms with Gasteiger partial charge in [-0.25, -0.2) is 9.59 Å². The van der Waals surface area contributed by atoms with E-state index < -0.39 is 11.2 Å². The van der Waals surface area contributed by atoms with Gasteiger partial charge in [0.1, 0.15) is 5.60 Å². The maximum Gasteiger partial charge on any atom is 0.341 e. The van der Waals surface area contributed by atoms with Crippen molar-refractivity contribution >= 4 is 11.9 Å². The van der Waals surface area contributed by atoms with Gasteiger partial charge >= 0.3 is 11.9 Å². The Kier molecular flexibility index (Phi) is 4.78. The molecule has 5 heteroatoms. The molecule has 2 aliphatic carbocycles. The molecule has 27 heavy (non-hydrogen) atoms. The highest BCUT2D eigenvalue weighted by Crippen LogP contribution is 2.71. The maximum atomic E-state index is 12.8. The molecule has 0 aromatic rings. The van der Waals surface area contributed by atoms with E-state index in [1.54, 1.807) is 6.08 Å². The lowest BCUT2D eigenvalue weighted by Gasteiger charge is -2.56. The summed E-state index contributed by atoms with van der Waals surface area (Å²) < 4.78 is 16.5. The van der Waals surface area contributed by atoms with E-state index in [1.165, 1.54) is 20.6 Å². The van der Waals surface area contributed by atoms with Crippen LogP contribution in [0.15, 0.2) is 11.6 Å². The number of fused-ring (bicyclic) bond motifs is 1. The van der Waals surface area contributed by atoms with Gasteiger partial charge < -0.3 is 14.2 Å². The van der Waals surface area contributed by atoms with E-state index in [9.17, 15) is 9.59 Å². The molecular weight excluding hydrogens is 344 g/mol. The Morgan fingerprint density at radius 2 is 1.78 bits per heavy atom. The lowest BCUT2D eigenvalue weighted by Crippen LogP contribution is -2.54. The first-order chi connectivity index (χ1) is 12.5. The van der Waals surface area contributed by atoms with Crippen molar-refractivity contribution in [1.29, 1.82) is 0 Å². The van der Waals surface area contributed by atoms with Crippen LogP contribution in [-0.2, 0) is 23.8 Å². The number of rotatable bonds is 3. The molecule has 2 saturated carbocycles. The van der Waals surface area contributed by atoms with Gasteiger partial charge in [0.2, 0.25) is 5.60 Å². The minimum Gasteiger partial charge on any atom is -0.467 e. The molecule has 3 aliphatic rings. The highest BCUT2D eigenvalue weighted by molar-refractivity contribution is 5.89. The number of carbonyl (C=O) groups excluding carboxylic acids is 2. The third kappa shape index (κ3) is 2.60. The van der Waals surface area contributed by atoms with Gasteiger partial charge in [0.25, 0.3) is 0 Å². The van der Waals surface area contributed by atoms with Gasteiger partial charge in [-0.15, -0.1) is 0 Å². The summed E-state index contributed by atoms with van der Waals surface area (Å²) >= 11 is 0. The van der Waals surface area contributed by atoms with Gasteiger partial charge in [0.15, 0.2) is 0 Å². The quantitative estimate of drug-likeness (QED) is 0.421. The molecule has 3 rings (SSSR count). The van der Waals surface area contributed by atoms with Crippen LogP contribution in [0, 0.1) is 22.7 Å². The Morgan fingerprint density at radius 3 is 2.33 bits per heavy atom. The number of hydrogen-bond acceptors (Lipinski definition) is 5. The van der Waals surface area contributed by atoms with E-state index >= 15 is 0 Å². The number of methoxy groups -OCH3 is 2. The standard InChI is InChI=1S/C22H34O5/c1-14(2)22(18(24)26-7)21(27-22)12-9-15-19(3,4)10-8-11-20(15,5)16(21)13-17(23)25-6/h13-15H,8-12H2,1-7H3/b16-13-/t15-,20-,21?,22?/m0/s1. The van der Waals surface area contributed by atoms with Crippen molar-refractivity contribution in [2.75, 3.05) is 14.2 Å². The summed E-state index contributed by atoms with van der Waals surface area (Å²) in [6, 6.07) is 0. The summed E-state index contributed by atoms with van der Waals surface area (Å²) in [6.45, 7) is 10.9. The largest absolute Gasteiger partial charge is 0.467 e. The van der Waals surface area contributed by atoms with Gasteiger partial charge in [0, 0.05) is 6.08 Å². The second-order valence-electron chi connectivity index (χ2n) is 9.74. The van der Waals surface area contributed by atoms with Crippen molar-refractivity contribution in [1.82, 2.24) is 0 Å². The Labute approximate surface area is 162 Å². The number of epoxide rings is 1. The van der Waals surface area contributed by atoms with Crippen molar-refractivity contribution in [2.24, 2.45) is 22.7 Å². The molecule has 3 fully saturated rings. The summed E-state index contributed by atoms with van der Waals surface area (Å²) in [5, 5.41) is 0. The number of hydrogen-bond donors (Lipinski definition) is 0. The molecule has 1 aliphatic heterocycles. The molecule has 0 aromatic carbocycles. The molecule has 0 radical (unpaired) electrons. The predicted molar refractivity (Wildman–Crippen MR) is 102 cm³/mol. The number of ether oxygens (including phenoxy) is 3. The van der Waals surface area contributed by atoms with Crippen molar-refractivity contribution in [2.45, 2.75) is 77.9 Å². The third-order valence-corrected chi connectivity index (χ3v) is 7.72. The van der Waals surface area contributed by atoms with E-state index in [-0.39, 0.29) is 28.7 Å². The van der Waals surface area contributed by atoms with Crippen LogP contribution in [0.1, 0.15) is 66.7 Å². The average molecular weight is 379 g/mol. The first-order valence-electron chi connectivity index (χ1n) is 10.1. The second kappa shape index (κ2) is 6.33. The lowest BCUT2D eigenvalue weighted by atomic mass is 9.47. The van der Waals surface area contributed by atoms with Crippen LogP contribution in [0.3, 0.4) is 0 Å². The van der Waals surface area contributed by atoms with E-state index in [0.29, 0.717) is 5.92 Å². The third-order valence-electron chi connectivity index (χ3n) is 7.72. The molecule has 1 saturated heterocycles. The first kappa shape index (κ1) is 20.4. The van der Waals surface area contributed by atoms with E-state index in [4.69, 9.17) is 14.2 Å². The van der Waals surface area contributed by atoms with Crippen LogP contribution < -0.4 is 0 Å². The zero-order chi connectivity index (χ0) is 20.3. The Hall–Kier alpha value is -1.36. The van der Waals surface area contributed by atoms with Crippen molar-refractivity contribution in [3.05, 3.63) is 11.6 Å². The van der Waals surface area contributed by atoms with Crippen LogP contribution in [0.5, 0.6) is 0 Å². The normalized spacial score (nSPS) is 41.3. The average Bonchev–Trinajstić information content (AvgIpc) is 3.27.